The first-order valence-corrected chi connectivity index (χ1v) is 9.34. The standard InChI is InChI=1S/C21H19BrN2O2/c1-26-17-5-2-15(3-6-17)21(25)24-10-8-14(9-11-24)19-13-23-20-7-4-16(22)12-18(19)20/h2-8,12-13,23H,9-11H2,1H3. The smallest absolute Gasteiger partial charge is 0.254 e. The van der Waals surface area contributed by atoms with Crippen molar-refractivity contribution in [1.82, 2.24) is 9.88 Å². The number of aromatic nitrogens is 1. The van der Waals surface area contributed by atoms with Crippen molar-refractivity contribution in [1.29, 1.82) is 0 Å². The second-order valence-electron chi connectivity index (χ2n) is 6.35. The molecule has 0 bridgehead atoms. The molecule has 2 aromatic carbocycles. The molecule has 3 aromatic rings. The van der Waals surface area contributed by atoms with E-state index in [1.165, 1.54) is 16.5 Å². The van der Waals surface area contributed by atoms with Crippen LogP contribution in [0.2, 0.25) is 0 Å². The van der Waals surface area contributed by atoms with E-state index in [1.54, 1.807) is 7.11 Å². The molecule has 5 heteroatoms. The second kappa shape index (κ2) is 7.00. The number of rotatable bonds is 3. The number of carbonyl (C=O) groups excluding carboxylic acids is 1. The Morgan fingerprint density at radius 3 is 2.69 bits per heavy atom. The van der Waals surface area contributed by atoms with Crippen LogP contribution in [0.15, 0.2) is 59.2 Å². The van der Waals surface area contributed by atoms with Crippen molar-refractivity contribution >= 4 is 38.3 Å². The molecule has 1 aliphatic rings. The van der Waals surface area contributed by atoms with Crippen LogP contribution in [0.3, 0.4) is 0 Å². The second-order valence-corrected chi connectivity index (χ2v) is 7.27. The number of hydrogen-bond donors (Lipinski definition) is 1. The van der Waals surface area contributed by atoms with E-state index in [9.17, 15) is 4.79 Å². The summed E-state index contributed by atoms with van der Waals surface area (Å²) < 4.78 is 6.22. The van der Waals surface area contributed by atoms with Crippen LogP contribution < -0.4 is 4.74 Å². The minimum atomic E-state index is 0.0598. The largest absolute Gasteiger partial charge is 0.497 e. The predicted octanol–water partition coefficient (Wildman–Crippen LogP) is 4.87. The number of nitrogens with one attached hydrogen (secondary N) is 1. The van der Waals surface area contributed by atoms with Gasteiger partial charge in [0, 0.05) is 45.8 Å². The summed E-state index contributed by atoms with van der Waals surface area (Å²) in [6.45, 7) is 1.35. The van der Waals surface area contributed by atoms with Gasteiger partial charge >= 0.3 is 0 Å². The minimum Gasteiger partial charge on any atom is -0.497 e. The van der Waals surface area contributed by atoms with Crippen molar-refractivity contribution in [2.24, 2.45) is 0 Å². The maximum Gasteiger partial charge on any atom is 0.254 e. The lowest BCUT2D eigenvalue weighted by Crippen LogP contribution is -2.34. The van der Waals surface area contributed by atoms with E-state index in [1.807, 2.05) is 35.2 Å². The molecule has 132 valence electrons. The van der Waals surface area contributed by atoms with E-state index >= 15 is 0 Å². The summed E-state index contributed by atoms with van der Waals surface area (Å²) in [7, 11) is 1.62. The summed E-state index contributed by atoms with van der Waals surface area (Å²) in [5, 5.41) is 1.21. The van der Waals surface area contributed by atoms with Crippen LogP contribution in [0.5, 0.6) is 5.75 Å². The fourth-order valence-electron chi connectivity index (χ4n) is 3.37. The maximum absolute atomic E-state index is 12.7. The van der Waals surface area contributed by atoms with E-state index in [-0.39, 0.29) is 5.91 Å². The quantitative estimate of drug-likeness (QED) is 0.669. The highest BCUT2D eigenvalue weighted by atomic mass is 79.9. The number of carbonyl (C=O) groups is 1. The third kappa shape index (κ3) is 3.15. The number of ether oxygens (including phenoxy) is 1. The Labute approximate surface area is 160 Å². The van der Waals surface area contributed by atoms with Crippen LogP contribution in [-0.4, -0.2) is 36.0 Å². The van der Waals surface area contributed by atoms with Gasteiger partial charge in [-0.3, -0.25) is 4.79 Å². The monoisotopic (exact) mass is 410 g/mol. The van der Waals surface area contributed by atoms with Crippen molar-refractivity contribution in [3.63, 3.8) is 0 Å². The molecule has 0 saturated carbocycles. The van der Waals surface area contributed by atoms with Crippen molar-refractivity contribution in [2.75, 3.05) is 20.2 Å². The molecule has 1 aliphatic heterocycles. The minimum absolute atomic E-state index is 0.0598. The van der Waals surface area contributed by atoms with Crippen molar-refractivity contribution < 1.29 is 9.53 Å². The summed E-state index contributed by atoms with van der Waals surface area (Å²) in [6.07, 6.45) is 5.07. The van der Waals surface area contributed by atoms with Crippen molar-refractivity contribution in [3.05, 3.63) is 70.3 Å². The molecule has 0 unspecified atom stereocenters. The Morgan fingerprint density at radius 2 is 2.00 bits per heavy atom. The zero-order chi connectivity index (χ0) is 18.1. The van der Waals surface area contributed by atoms with Gasteiger partial charge in [0.05, 0.1) is 7.11 Å². The highest BCUT2D eigenvalue weighted by Gasteiger charge is 2.20. The molecule has 0 aliphatic carbocycles. The fourth-order valence-corrected chi connectivity index (χ4v) is 3.73. The molecule has 0 atom stereocenters. The number of benzene rings is 2. The lowest BCUT2D eigenvalue weighted by Gasteiger charge is -2.26. The van der Waals surface area contributed by atoms with Gasteiger partial charge in [-0.05, 0) is 54.5 Å². The molecule has 1 N–H and O–H groups in total. The molecule has 0 spiro atoms. The highest BCUT2D eigenvalue weighted by molar-refractivity contribution is 9.10. The van der Waals surface area contributed by atoms with Crippen LogP contribution in [0.1, 0.15) is 22.3 Å². The third-order valence-electron chi connectivity index (χ3n) is 4.82. The average Bonchev–Trinajstić information content (AvgIpc) is 3.10. The Kier molecular flexibility index (Phi) is 4.55. The summed E-state index contributed by atoms with van der Waals surface area (Å²) in [4.78, 5) is 17.9. The first-order chi connectivity index (χ1) is 12.7. The van der Waals surface area contributed by atoms with E-state index < -0.39 is 0 Å². The summed E-state index contributed by atoms with van der Waals surface area (Å²) in [5.74, 6) is 0.817. The normalized spacial score (nSPS) is 14.4. The molecule has 0 fully saturated rings. The number of fused-ring (bicyclic) bond motifs is 1. The Balaban J connectivity index is 1.53. The van der Waals surface area contributed by atoms with Gasteiger partial charge in [0.1, 0.15) is 5.75 Å². The van der Waals surface area contributed by atoms with Gasteiger partial charge in [0.25, 0.3) is 5.91 Å². The van der Waals surface area contributed by atoms with Gasteiger partial charge in [-0.15, -0.1) is 0 Å². The van der Waals surface area contributed by atoms with Crippen LogP contribution >= 0.6 is 15.9 Å². The van der Waals surface area contributed by atoms with Gasteiger partial charge in [-0.1, -0.05) is 22.0 Å². The molecule has 1 aromatic heterocycles. The number of H-pyrrole nitrogens is 1. The molecular weight excluding hydrogens is 392 g/mol. The van der Waals surface area contributed by atoms with Crippen molar-refractivity contribution in [2.45, 2.75) is 6.42 Å². The first-order valence-electron chi connectivity index (χ1n) is 8.55. The van der Waals surface area contributed by atoms with Crippen LogP contribution in [0.25, 0.3) is 16.5 Å². The summed E-state index contributed by atoms with van der Waals surface area (Å²) >= 11 is 3.54. The number of aromatic amines is 1. The van der Waals surface area contributed by atoms with Gasteiger partial charge in [-0.25, -0.2) is 0 Å². The third-order valence-corrected chi connectivity index (χ3v) is 5.32. The molecule has 1 amide bonds. The summed E-state index contributed by atoms with van der Waals surface area (Å²) in [6, 6.07) is 13.5. The van der Waals surface area contributed by atoms with Gasteiger partial charge in [-0.2, -0.15) is 0 Å². The molecule has 26 heavy (non-hydrogen) atoms. The fraction of sp³-hybridized carbons (Fsp3) is 0.190. The molecule has 0 radical (unpaired) electrons. The SMILES string of the molecule is COc1ccc(C(=O)N2CC=C(c3c[nH]c4ccc(Br)cc34)CC2)cc1. The number of nitrogens with zero attached hydrogens (tertiary/aromatic N) is 1. The molecule has 4 rings (SSSR count). The van der Waals surface area contributed by atoms with Crippen LogP contribution in [0.4, 0.5) is 0 Å². The number of halogens is 1. The van der Waals surface area contributed by atoms with Gasteiger partial charge in [0.2, 0.25) is 0 Å². The zero-order valence-electron chi connectivity index (χ0n) is 14.5. The Bertz CT molecular complexity index is 989. The zero-order valence-corrected chi connectivity index (χ0v) is 16.0. The van der Waals surface area contributed by atoms with E-state index in [0.29, 0.717) is 12.1 Å². The van der Waals surface area contributed by atoms with E-state index in [0.717, 1.165) is 28.7 Å². The van der Waals surface area contributed by atoms with Crippen molar-refractivity contribution in [3.8, 4) is 5.75 Å². The molecular formula is C21H19BrN2O2. The Hall–Kier alpha value is -2.53. The lowest BCUT2D eigenvalue weighted by atomic mass is 9.98. The summed E-state index contributed by atoms with van der Waals surface area (Å²) in [5.41, 5.74) is 4.32. The molecule has 2 heterocycles. The number of hydrogen-bond acceptors (Lipinski definition) is 2. The van der Waals surface area contributed by atoms with Gasteiger partial charge in [0.15, 0.2) is 0 Å². The topological polar surface area (TPSA) is 45.3 Å². The predicted molar refractivity (Wildman–Crippen MR) is 107 cm³/mol. The van der Waals surface area contributed by atoms with E-state index in [4.69, 9.17) is 4.74 Å². The average molecular weight is 411 g/mol. The van der Waals surface area contributed by atoms with Gasteiger partial charge < -0.3 is 14.6 Å². The highest BCUT2D eigenvalue weighted by Crippen LogP contribution is 2.31. The lowest BCUT2D eigenvalue weighted by molar-refractivity contribution is 0.0773. The molecule has 4 nitrogen and oxygen atoms in total. The first kappa shape index (κ1) is 16.9. The van der Waals surface area contributed by atoms with E-state index in [2.05, 4.69) is 45.3 Å². The van der Waals surface area contributed by atoms with Crippen LogP contribution in [0, 0.1) is 0 Å². The van der Waals surface area contributed by atoms with Crippen LogP contribution in [-0.2, 0) is 0 Å². The Morgan fingerprint density at radius 1 is 1.19 bits per heavy atom. The maximum atomic E-state index is 12.7. The number of amides is 1. The molecule has 0 saturated heterocycles. The number of methoxy groups -OCH3 is 1.